The molecule has 1 aromatic heterocycles. The standard InChI is InChI=1S/C7H8N2O4S/c1-3(6(12)13)14-7-8-4(10)2-5(11)9-7/h2-3H,1H3,(H,12,13)(H2,8,9,10,11). The fraction of sp³-hybridized carbons (Fsp3) is 0.286. The molecule has 0 aliphatic rings. The monoisotopic (exact) mass is 216 g/mol. The maximum absolute atomic E-state index is 10.8. The molecular weight excluding hydrogens is 208 g/mol. The van der Waals surface area contributed by atoms with E-state index in [1.54, 1.807) is 0 Å². The number of nitrogens with one attached hydrogen (secondary N) is 1. The van der Waals surface area contributed by atoms with Gasteiger partial charge in [0.2, 0.25) is 5.88 Å². The average molecular weight is 216 g/mol. The first kappa shape index (κ1) is 10.6. The highest BCUT2D eigenvalue weighted by Gasteiger charge is 2.14. The van der Waals surface area contributed by atoms with Crippen LogP contribution in [0.4, 0.5) is 0 Å². The minimum atomic E-state index is -1.01. The van der Waals surface area contributed by atoms with Crippen molar-refractivity contribution in [2.45, 2.75) is 17.3 Å². The number of nitrogens with zero attached hydrogens (tertiary/aromatic N) is 1. The van der Waals surface area contributed by atoms with E-state index in [-0.39, 0.29) is 5.16 Å². The number of carbonyl (C=O) groups is 1. The first-order valence-corrected chi connectivity index (χ1v) is 4.57. The molecule has 3 N–H and O–H groups in total. The molecule has 0 saturated heterocycles. The van der Waals surface area contributed by atoms with E-state index in [4.69, 9.17) is 10.2 Å². The summed E-state index contributed by atoms with van der Waals surface area (Å²) >= 11 is 0.854. The summed E-state index contributed by atoms with van der Waals surface area (Å²) in [6.07, 6.45) is 0. The lowest BCUT2D eigenvalue weighted by Crippen LogP contribution is -2.14. The average Bonchev–Trinajstić information content (AvgIpc) is 2.01. The van der Waals surface area contributed by atoms with Gasteiger partial charge in [0.05, 0.1) is 6.07 Å². The van der Waals surface area contributed by atoms with E-state index in [9.17, 15) is 9.59 Å². The predicted octanol–water partition coefficient (Wildman–Crippen LogP) is 0.0407. The highest BCUT2D eigenvalue weighted by atomic mass is 32.2. The van der Waals surface area contributed by atoms with Crippen LogP contribution >= 0.6 is 11.8 Å². The van der Waals surface area contributed by atoms with Crippen LogP contribution < -0.4 is 5.56 Å². The lowest BCUT2D eigenvalue weighted by molar-refractivity contribution is -0.136. The van der Waals surface area contributed by atoms with Gasteiger partial charge in [-0.05, 0) is 6.92 Å². The van der Waals surface area contributed by atoms with Gasteiger partial charge < -0.3 is 15.2 Å². The molecule has 1 aromatic rings. The molecule has 0 aliphatic heterocycles. The molecule has 0 bridgehead atoms. The number of hydrogen-bond donors (Lipinski definition) is 3. The van der Waals surface area contributed by atoms with E-state index >= 15 is 0 Å². The number of hydrogen-bond acceptors (Lipinski definition) is 5. The number of aromatic nitrogens is 2. The van der Waals surface area contributed by atoms with Crippen molar-refractivity contribution in [1.29, 1.82) is 0 Å². The van der Waals surface area contributed by atoms with Gasteiger partial charge in [-0.2, -0.15) is 4.98 Å². The zero-order valence-corrected chi connectivity index (χ0v) is 8.04. The summed E-state index contributed by atoms with van der Waals surface area (Å²) in [6, 6.07) is 0.912. The molecule has 7 heteroatoms. The van der Waals surface area contributed by atoms with Crippen LogP contribution in [0.15, 0.2) is 16.0 Å². The first-order valence-electron chi connectivity index (χ1n) is 3.69. The van der Waals surface area contributed by atoms with Gasteiger partial charge in [-0.1, -0.05) is 11.8 Å². The number of rotatable bonds is 3. The molecule has 0 aliphatic carbocycles. The summed E-state index contributed by atoms with van der Waals surface area (Å²) in [5, 5.41) is 16.9. The van der Waals surface area contributed by atoms with E-state index in [2.05, 4.69) is 9.97 Å². The summed E-state index contributed by atoms with van der Waals surface area (Å²) in [6.45, 7) is 1.46. The summed E-state index contributed by atoms with van der Waals surface area (Å²) in [7, 11) is 0. The second-order valence-corrected chi connectivity index (χ2v) is 3.84. The number of aliphatic carboxylic acids is 1. The topological polar surface area (TPSA) is 103 Å². The van der Waals surface area contributed by atoms with Crippen molar-refractivity contribution in [2.75, 3.05) is 0 Å². The number of carboxylic acid groups (broad SMARTS) is 1. The van der Waals surface area contributed by atoms with Crippen LogP contribution in [-0.4, -0.2) is 31.4 Å². The van der Waals surface area contributed by atoms with Gasteiger partial charge in [0, 0.05) is 0 Å². The van der Waals surface area contributed by atoms with E-state index in [1.807, 2.05) is 0 Å². The largest absolute Gasteiger partial charge is 0.493 e. The molecule has 1 rings (SSSR count). The normalized spacial score (nSPS) is 12.4. The van der Waals surface area contributed by atoms with Gasteiger partial charge in [-0.25, -0.2) is 0 Å². The number of H-pyrrole nitrogens is 1. The first-order chi connectivity index (χ1) is 6.49. The van der Waals surface area contributed by atoms with E-state index < -0.39 is 22.7 Å². The van der Waals surface area contributed by atoms with Gasteiger partial charge in [0.25, 0.3) is 5.56 Å². The van der Waals surface area contributed by atoms with Crippen LogP contribution in [0.3, 0.4) is 0 Å². The maximum Gasteiger partial charge on any atom is 0.316 e. The minimum absolute atomic E-state index is 0.0879. The van der Waals surface area contributed by atoms with Crippen molar-refractivity contribution in [2.24, 2.45) is 0 Å². The Balaban J connectivity index is 2.87. The highest BCUT2D eigenvalue weighted by molar-refractivity contribution is 8.00. The minimum Gasteiger partial charge on any atom is -0.493 e. The second-order valence-electron chi connectivity index (χ2n) is 2.51. The molecule has 76 valence electrons. The molecule has 14 heavy (non-hydrogen) atoms. The van der Waals surface area contributed by atoms with Gasteiger partial charge >= 0.3 is 5.97 Å². The summed E-state index contributed by atoms with van der Waals surface area (Å²) < 4.78 is 0. The molecule has 1 heterocycles. The SMILES string of the molecule is CC(Sc1nc(O)cc(=O)[nH]1)C(=O)O. The fourth-order valence-corrected chi connectivity index (χ4v) is 1.44. The smallest absolute Gasteiger partial charge is 0.316 e. The molecular formula is C7H8N2O4S. The van der Waals surface area contributed by atoms with Crippen LogP contribution in [0.25, 0.3) is 0 Å². The third-order valence-electron chi connectivity index (χ3n) is 1.34. The van der Waals surface area contributed by atoms with Crippen molar-refractivity contribution >= 4 is 17.7 Å². The zero-order chi connectivity index (χ0) is 10.7. The maximum atomic E-state index is 10.8. The Bertz CT molecular complexity index is 403. The Kier molecular flexibility index (Phi) is 3.13. The Morgan fingerprint density at radius 3 is 2.86 bits per heavy atom. The Morgan fingerprint density at radius 1 is 1.71 bits per heavy atom. The number of carboxylic acids is 1. The van der Waals surface area contributed by atoms with Crippen molar-refractivity contribution in [1.82, 2.24) is 9.97 Å². The second kappa shape index (κ2) is 4.14. The molecule has 0 saturated carbocycles. The van der Waals surface area contributed by atoms with Crippen LogP contribution in [0, 0.1) is 0 Å². The van der Waals surface area contributed by atoms with Gasteiger partial charge in [-0.3, -0.25) is 9.59 Å². The van der Waals surface area contributed by atoms with Crippen LogP contribution in [0.1, 0.15) is 6.92 Å². The summed E-state index contributed by atoms with van der Waals surface area (Å²) in [5.74, 6) is -1.44. The van der Waals surface area contributed by atoms with Crippen molar-refractivity contribution in [3.05, 3.63) is 16.4 Å². The number of aromatic amines is 1. The third kappa shape index (κ3) is 2.77. The van der Waals surface area contributed by atoms with E-state index in [0.29, 0.717) is 0 Å². The lowest BCUT2D eigenvalue weighted by Gasteiger charge is -2.04. The molecule has 0 radical (unpaired) electrons. The van der Waals surface area contributed by atoms with Crippen LogP contribution in [0.2, 0.25) is 0 Å². The van der Waals surface area contributed by atoms with Crippen LogP contribution in [-0.2, 0) is 4.79 Å². The fourth-order valence-electron chi connectivity index (χ4n) is 0.697. The molecule has 0 amide bonds. The van der Waals surface area contributed by atoms with Crippen molar-refractivity contribution in [3.63, 3.8) is 0 Å². The third-order valence-corrected chi connectivity index (χ3v) is 2.31. The van der Waals surface area contributed by atoms with Gasteiger partial charge in [0.1, 0.15) is 5.25 Å². The molecule has 0 aromatic carbocycles. The van der Waals surface area contributed by atoms with E-state index in [1.165, 1.54) is 6.92 Å². The molecule has 1 atom stereocenters. The Morgan fingerprint density at radius 2 is 2.36 bits per heavy atom. The van der Waals surface area contributed by atoms with Crippen molar-refractivity contribution < 1.29 is 15.0 Å². The lowest BCUT2D eigenvalue weighted by atomic mass is 10.5. The van der Waals surface area contributed by atoms with Crippen LogP contribution in [0.5, 0.6) is 5.88 Å². The highest BCUT2D eigenvalue weighted by Crippen LogP contribution is 2.19. The molecule has 0 spiro atoms. The Labute approximate surface area is 83.0 Å². The predicted molar refractivity (Wildman–Crippen MR) is 49.5 cm³/mol. The van der Waals surface area contributed by atoms with Gasteiger partial charge in [-0.15, -0.1) is 0 Å². The molecule has 6 nitrogen and oxygen atoms in total. The quantitative estimate of drug-likeness (QED) is 0.487. The molecule has 1 unspecified atom stereocenters. The summed E-state index contributed by atoms with van der Waals surface area (Å²) in [5.41, 5.74) is -0.516. The number of aromatic hydroxyl groups is 1. The van der Waals surface area contributed by atoms with Crippen molar-refractivity contribution in [3.8, 4) is 5.88 Å². The van der Waals surface area contributed by atoms with Gasteiger partial charge in [0.15, 0.2) is 5.16 Å². The Hall–Kier alpha value is -1.50. The number of thioether (sulfide) groups is 1. The molecule has 0 fully saturated rings. The zero-order valence-electron chi connectivity index (χ0n) is 7.22. The summed E-state index contributed by atoms with van der Waals surface area (Å²) in [4.78, 5) is 27.2. The van der Waals surface area contributed by atoms with E-state index in [0.717, 1.165) is 17.8 Å².